The summed E-state index contributed by atoms with van der Waals surface area (Å²) in [5.41, 5.74) is -0.831. The lowest BCUT2D eigenvalue weighted by Crippen LogP contribution is -2.04. The number of hydrogen-bond donors (Lipinski definition) is 1. The Kier molecular flexibility index (Phi) is 4.89. The molecular formula is C19H8ClF4N3. The van der Waals surface area contributed by atoms with Crippen LogP contribution in [0.3, 0.4) is 0 Å². The number of nitrogens with zero attached hydrogens (tertiary/aromatic N) is 2. The van der Waals surface area contributed by atoms with Gasteiger partial charge in [0.15, 0.2) is 5.69 Å². The van der Waals surface area contributed by atoms with E-state index in [1.165, 1.54) is 30.3 Å². The predicted molar refractivity (Wildman–Crippen MR) is 91.1 cm³/mol. The van der Waals surface area contributed by atoms with E-state index in [1.807, 2.05) is 0 Å². The van der Waals surface area contributed by atoms with Gasteiger partial charge in [-0.2, -0.15) is 18.4 Å². The van der Waals surface area contributed by atoms with Gasteiger partial charge in [-0.15, -0.1) is 0 Å². The van der Waals surface area contributed by atoms with Gasteiger partial charge in [0.1, 0.15) is 23.4 Å². The van der Waals surface area contributed by atoms with Crippen LogP contribution in [-0.4, -0.2) is 9.97 Å². The second-order valence-electron chi connectivity index (χ2n) is 5.35. The van der Waals surface area contributed by atoms with Crippen molar-refractivity contribution < 1.29 is 17.6 Å². The van der Waals surface area contributed by atoms with E-state index >= 15 is 0 Å². The van der Waals surface area contributed by atoms with Crippen LogP contribution in [0.4, 0.5) is 17.6 Å². The summed E-state index contributed by atoms with van der Waals surface area (Å²) in [6, 6.07) is 10.3. The fraction of sp³-hybridized carbons (Fsp3) is 0.0526. The third-order valence-electron chi connectivity index (χ3n) is 3.53. The molecule has 134 valence electrons. The quantitative estimate of drug-likeness (QED) is 0.461. The van der Waals surface area contributed by atoms with E-state index in [4.69, 9.17) is 11.6 Å². The van der Waals surface area contributed by atoms with Gasteiger partial charge in [-0.05, 0) is 36.3 Å². The number of hydrogen-bond acceptors (Lipinski definition) is 2. The van der Waals surface area contributed by atoms with Gasteiger partial charge in [0, 0.05) is 5.56 Å². The summed E-state index contributed by atoms with van der Waals surface area (Å²) in [4.78, 5) is 6.66. The number of aromatic amines is 1. The number of aromatic nitrogens is 2. The molecule has 0 fully saturated rings. The molecule has 27 heavy (non-hydrogen) atoms. The molecule has 3 rings (SSSR count). The lowest BCUT2D eigenvalue weighted by atomic mass is 10.1. The van der Waals surface area contributed by atoms with Gasteiger partial charge in [0.05, 0.1) is 16.1 Å². The van der Waals surface area contributed by atoms with Crippen LogP contribution in [0.5, 0.6) is 0 Å². The van der Waals surface area contributed by atoms with Gasteiger partial charge >= 0.3 is 6.18 Å². The maximum atomic E-state index is 14.0. The highest BCUT2D eigenvalue weighted by Gasteiger charge is 2.30. The Hall–Kier alpha value is -3.29. The summed E-state index contributed by atoms with van der Waals surface area (Å²) in [6.07, 6.45) is -4.49. The Morgan fingerprint density at radius 2 is 1.81 bits per heavy atom. The molecule has 1 aromatic heterocycles. The Morgan fingerprint density at radius 3 is 2.48 bits per heavy atom. The van der Waals surface area contributed by atoms with Crippen molar-refractivity contribution in [3.63, 3.8) is 0 Å². The molecule has 0 spiro atoms. The van der Waals surface area contributed by atoms with Crippen molar-refractivity contribution in [2.24, 2.45) is 0 Å². The van der Waals surface area contributed by atoms with Crippen molar-refractivity contribution in [3.8, 4) is 29.3 Å². The molecule has 0 aliphatic carbocycles. The number of nitrogens with one attached hydrogen (secondary N) is 1. The van der Waals surface area contributed by atoms with Crippen LogP contribution >= 0.6 is 11.6 Å². The van der Waals surface area contributed by atoms with Crippen molar-refractivity contribution >= 4 is 11.6 Å². The van der Waals surface area contributed by atoms with Crippen molar-refractivity contribution in [2.75, 3.05) is 0 Å². The Bertz CT molecular complexity index is 1090. The van der Waals surface area contributed by atoms with Crippen molar-refractivity contribution in [1.82, 2.24) is 9.97 Å². The third kappa shape index (κ3) is 3.94. The smallest absolute Gasteiger partial charge is 0.330 e. The molecule has 0 bridgehead atoms. The summed E-state index contributed by atoms with van der Waals surface area (Å²) in [5.74, 6) is 4.47. The van der Waals surface area contributed by atoms with E-state index in [-0.39, 0.29) is 33.4 Å². The van der Waals surface area contributed by atoms with Gasteiger partial charge < -0.3 is 4.98 Å². The molecule has 1 N–H and O–H groups in total. The Morgan fingerprint density at radius 1 is 1.07 bits per heavy atom. The summed E-state index contributed by atoms with van der Waals surface area (Å²) in [6.45, 7) is 0. The van der Waals surface area contributed by atoms with Gasteiger partial charge in [-0.1, -0.05) is 29.7 Å². The molecule has 8 heteroatoms. The van der Waals surface area contributed by atoms with E-state index in [0.717, 1.165) is 12.1 Å². The first kappa shape index (κ1) is 18.5. The van der Waals surface area contributed by atoms with Crippen molar-refractivity contribution in [1.29, 1.82) is 5.26 Å². The normalized spacial score (nSPS) is 10.8. The summed E-state index contributed by atoms with van der Waals surface area (Å²) in [5, 5.41) is 9.28. The number of halogens is 5. The van der Waals surface area contributed by atoms with Gasteiger partial charge in [0.2, 0.25) is 0 Å². The lowest BCUT2D eigenvalue weighted by Gasteiger charge is -2.05. The number of nitriles is 1. The minimum Gasteiger partial charge on any atom is -0.330 e. The van der Waals surface area contributed by atoms with E-state index in [1.54, 1.807) is 6.07 Å². The first-order chi connectivity index (χ1) is 12.8. The molecule has 0 radical (unpaired) electrons. The molecule has 1 heterocycles. The maximum Gasteiger partial charge on any atom is 0.416 e. The Balaban J connectivity index is 2.02. The zero-order chi connectivity index (χ0) is 19.6. The molecule has 0 saturated carbocycles. The van der Waals surface area contributed by atoms with Gasteiger partial charge in [-0.3, -0.25) is 0 Å². The topological polar surface area (TPSA) is 52.5 Å². The molecule has 0 saturated heterocycles. The van der Waals surface area contributed by atoms with E-state index in [0.29, 0.717) is 0 Å². The third-order valence-corrected chi connectivity index (χ3v) is 3.85. The van der Waals surface area contributed by atoms with Crippen LogP contribution in [0, 0.1) is 29.0 Å². The van der Waals surface area contributed by atoms with E-state index < -0.39 is 17.6 Å². The number of benzene rings is 2. The average molecular weight is 390 g/mol. The Labute approximate surface area is 156 Å². The van der Waals surface area contributed by atoms with Crippen LogP contribution in [0.15, 0.2) is 42.5 Å². The molecule has 0 atom stereocenters. The van der Waals surface area contributed by atoms with Crippen LogP contribution in [0.2, 0.25) is 5.02 Å². The molecule has 0 amide bonds. The van der Waals surface area contributed by atoms with Crippen LogP contribution in [0.25, 0.3) is 11.4 Å². The van der Waals surface area contributed by atoms with Gasteiger partial charge in [-0.25, -0.2) is 9.37 Å². The van der Waals surface area contributed by atoms with E-state index in [9.17, 15) is 22.8 Å². The minimum absolute atomic E-state index is 0.00277. The fourth-order valence-electron chi connectivity index (χ4n) is 2.30. The fourth-order valence-corrected chi connectivity index (χ4v) is 2.55. The lowest BCUT2D eigenvalue weighted by molar-refractivity contribution is -0.137. The zero-order valence-electron chi connectivity index (χ0n) is 13.3. The summed E-state index contributed by atoms with van der Waals surface area (Å²) >= 11 is 5.98. The van der Waals surface area contributed by atoms with E-state index in [2.05, 4.69) is 21.8 Å². The van der Waals surface area contributed by atoms with Crippen molar-refractivity contribution in [3.05, 3.63) is 75.8 Å². The molecule has 2 aromatic carbocycles. The minimum atomic E-state index is -4.49. The zero-order valence-corrected chi connectivity index (χ0v) is 14.1. The predicted octanol–water partition coefficient (Wildman–Crippen LogP) is 5.16. The van der Waals surface area contributed by atoms with Crippen molar-refractivity contribution in [2.45, 2.75) is 6.18 Å². The number of rotatable bonds is 1. The highest BCUT2D eigenvalue weighted by atomic mass is 35.5. The number of imidazole rings is 1. The highest BCUT2D eigenvalue weighted by molar-refractivity contribution is 6.33. The van der Waals surface area contributed by atoms with Gasteiger partial charge in [0.25, 0.3) is 0 Å². The molecule has 3 nitrogen and oxygen atoms in total. The SMILES string of the molecule is N#Cc1nc(-c2c(F)cccc2Cl)[nH]c1C#Cc1cccc(C(F)(F)F)c1. The maximum absolute atomic E-state index is 14.0. The monoisotopic (exact) mass is 389 g/mol. The summed E-state index contributed by atoms with van der Waals surface area (Å²) in [7, 11) is 0. The first-order valence-electron chi connectivity index (χ1n) is 7.43. The molecule has 0 unspecified atom stereocenters. The van der Waals surface area contributed by atoms with Crippen LogP contribution in [-0.2, 0) is 6.18 Å². The molecular weight excluding hydrogens is 382 g/mol. The van der Waals surface area contributed by atoms with Crippen LogP contribution < -0.4 is 0 Å². The first-order valence-corrected chi connectivity index (χ1v) is 7.81. The highest BCUT2D eigenvalue weighted by Crippen LogP contribution is 2.30. The second kappa shape index (κ2) is 7.14. The largest absolute Gasteiger partial charge is 0.416 e. The number of alkyl halides is 3. The summed E-state index contributed by atoms with van der Waals surface area (Å²) < 4.78 is 52.3. The number of H-pyrrole nitrogens is 1. The van der Waals surface area contributed by atoms with Crippen LogP contribution in [0.1, 0.15) is 22.5 Å². The second-order valence-corrected chi connectivity index (χ2v) is 5.75. The molecule has 3 aromatic rings. The molecule has 0 aliphatic rings. The standard InChI is InChI=1S/C19H8ClF4N3/c20-13-5-2-6-14(21)17(13)18-26-15(16(10-25)27-18)8-7-11-3-1-4-12(9-11)19(22,23)24/h1-6,9H,(H,26,27). The average Bonchev–Trinajstić information content (AvgIpc) is 3.02. The molecule has 0 aliphatic heterocycles.